The number of para-hydroxylation sites is 1. The van der Waals surface area contributed by atoms with Crippen molar-refractivity contribution in [1.29, 1.82) is 0 Å². The van der Waals surface area contributed by atoms with Crippen molar-refractivity contribution in [3.63, 3.8) is 0 Å². The summed E-state index contributed by atoms with van der Waals surface area (Å²) in [6, 6.07) is 16.1. The maximum atomic E-state index is 14.1. The number of pyridine rings is 1. The number of anilines is 1. The van der Waals surface area contributed by atoms with Crippen LogP contribution in [0.5, 0.6) is 5.75 Å². The third-order valence-electron chi connectivity index (χ3n) is 4.32. The van der Waals surface area contributed by atoms with E-state index in [0.717, 1.165) is 11.7 Å². The Labute approximate surface area is 167 Å². The number of hydrogen-bond acceptors (Lipinski definition) is 4. The number of benzene rings is 2. The summed E-state index contributed by atoms with van der Waals surface area (Å²) in [6.45, 7) is 2.01. The van der Waals surface area contributed by atoms with Gasteiger partial charge in [0, 0.05) is 18.0 Å². The molecule has 0 saturated carbocycles. The maximum absolute atomic E-state index is 14.1. The Morgan fingerprint density at radius 3 is 2.66 bits per heavy atom. The lowest BCUT2D eigenvalue weighted by molar-refractivity contribution is 0.321. The largest absolute Gasteiger partial charge is 0.491 e. The first-order chi connectivity index (χ1) is 14.0. The number of fused-ring (bicyclic) bond motifs is 1. The van der Waals surface area contributed by atoms with Crippen molar-refractivity contribution in [3.05, 3.63) is 78.9 Å². The summed E-state index contributed by atoms with van der Waals surface area (Å²) < 4.78 is 49.3. The molecule has 2 aromatic carbocycles. The van der Waals surface area contributed by atoms with Gasteiger partial charge in [-0.3, -0.25) is 4.72 Å². The van der Waals surface area contributed by atoms with Crippen LogP contribution in [0.1, 0.15) is 6.92 Å². The van der Waals surface area contributed by atoms with E-state index in [2.05, 4.69) is 9.71 Å². The van der Waals surface area contributed by atoms with Crippen LogP contribution in [0.3, 0.4) is 0 Å². The number of nitrogens with one attached hydrogen (secondary N) is 1. The minimum absolute atomic E-state index is 0.0107. The minimum atomic E-state index is -4.01. The number of aromatic nitrogens is 2. The number of rotatable bonds is 6. The van der Waals surface area contributed by atoms with Crippen molar-refractivity contribution >= 4 is 21.4 Å². The topological polar surface area (TPSA) is 72.7 Å². The van der Waals surface area contributed by atoms with Gasteiger partial charge < -0.3 is 9.14 Å². The molecular formula is C21H18FN3O3S. The van der Waals surface area contributed by atoms with Crippen LogP contribution in [0.2, 0.25) is 0 Å². The number of imidazole rings is 1. The summed E-state index contributed by atoms with van der Waals surface area (Å²) in [4.78, 5) is 4.35. The van der Waals surface area contributed by atoms with E-state index >= 15 is 0 Å². The molecule has 0 atom stereocenters. The van der Waals surface area contributed by atoms with Crippen LogP contribution in [-0.4, -0.2) is 24.4 Å². The number of sulfonamides is 1. The molecule has 29 heavy (non-hydrogen) atoms. The minimum Gasteiger partial charge on any atom is -0.491 e. The number of ether oxygens (including phenoxy) is 1. The fraction of sp³-hybridized carbons (Fsp3) is 0.0952. The Hall–Kier alpha value is -3.39. The van der Waals surface area contributed by atoms with Gasteiger partial charge in [0.15, 0.2) is 11.6 Å². The Balaban J connectivity index is 1.70. The molecule has 0 aliphatic carbocycles. The molecule has 0 fully saturated rings. The predicted octanol–water partition coefficient (Wildman–Crippen LogP) is 4.34. The first-order valence-corrected chi connectivity index (χ1v) is 10.4. The van der Waals surface area contributed by atoms with Crippen LogP contribution in [0, 0.1) is 5.82 Å². The summed E-state index contributed by atoms with van der Waals surface area (Å²) in [5, 5.41) is 0. The van der Waals surface area contributed by atoms with Crippen molar-refractivity contribution < 1.29 is 17.5 Å². The van der Waals surface area contributed by atoms with Gasteiger partial charge in [-0.05, 0) is 43.3 Å². The van der Waals surface area contributed by atoms with Gasteiger partial charge >= 0.3 is 0 Å². The first-order valence-electron chi connectivity index (χ1n) is 8.96. The van der Waals surface area contributed by atoms with E-state index in [1.54, 1.807) is 31.2 Å². The smallest absolute Gasteiger partial charge is 0.262 e. The lowest BCUT2D eigenvalue weighted by Crippen LogP contribution is -2.14. The molecule has 0 spiro atoms. The van der Waals surface area contributed by atoms with E-state index in [0.29, 0.717) is 16.9 Å². The molecule has 0 aliphatic rings. The predicted molar refractivity (Wildman–Crippen MR) is 109 cm³/mol. The van der Waals surface area contributed by atoms with E-state index in [1.807, 2.05) is 35.0 Å². The average Bonchev–Trinajstić information content (AvgIpc) is 3.14. The summed E-state index contributed by atoms with van der Waals surface area (Å²) in [5.41, 5.74) is 2.33. The highest BCUT2D eigenvalue weighted by Gasteiger charge is 2.19. The van der Waals surface area contributed by atoms with Gasteiger partial charge in [0.2, 0.25) is 0 Å². The second kappa shape index (κ2) is 7.56. The highest BCUT2D eigenvalue weighted by molar-refractivity contribution is 7.92. The van der Waals surface area contributed by atoms with Crippen LogP contribution in [0.4, 0.5) is 10.1 Å². The molecule has 4 aromatic rings. The molecule has 2 aromatic heterocycles. The zero-order valence-electron chi connectivity index (χ0n) is 15.5. The van der Waals surface area contributed by atoms with Crippen molar-refractivity contribution in [2.45, 2.75) is 11.8 Å². The fourth-order valence-electron chi connectivity index (χ4n) is 2.98. The second-order valence-corrected chi connectivity index (χ2v) is 7.95. The van der Waals surface area contributed by atoms with Crippen LogP contribution in [0.15, 0.2) is 78.0 Å². The fourth-order valence-corrected chi connectivity index (χ4v) is 4.08. The molecule has 8 heteroatoms. The molecule has 0 unspecified atom stereocenters. The van der Waals surface area contributed by atoms with Crippen molar-refractivity contribution in [1.82, 2.24) is 9.38 Å². The molecule has 148 valence electrons. The van der Waals surface area contributed by atoms with E-state index in [9.17, 15) is 12.8 Å². The molecule has 0 bridgehead atoms. The van der Waals surface area contributed by atoms with Crippen molar-refractivity contribution in [3.8, 4) is 17.0 Å². The third-order valence-corrected chi connectivity index (χ3v) is 5.69. The van der Waals surface area contributed by atoms with E-state index in [1.165, 1.54) is 12.1 Å². The first kappa shape index (κ1) is 18.9. The molecule has 2 heterocycles. The average molecular weight is 411 g/mol. The zero-order valence-corrected chi connectivity index (χ0v) is 16.4. The number of nitrogens with zero attached hydrogens (tertiary/aromatic N) is 2. The van der Waals surface area contributed by atoms with Gasteiger partial charge in [0.1, 0.15) is 5.65 Å². The van der Waals surface area contributed by atoms with Crippen molar-refractivity contribution in [2.24, 2.45) is 0 Å². The molecule has 0 amide bonds. The highest BCUT2D eigenvalue weighted by Crippen LogP contribution is 2.30. The van der Waals surface area contributed by atoms with Gasteiger partial charge in [-0.2, -0.15) is 0 Å². The van der Waals surface area contributed by atoms with Crippen LogP contribution in [0.25, 0.3) is 16.9 Å². The summed E-state index contributed by atoms with van der Waals surface area (Å²) in [7, 11) is -4.01. The number of hydrogen-bond donors (Lipinski definition) is 1. The van der Waals surface area contributed by atoms with Gasteiger partial charge in [-0.1, -0.05) is 24.3 Å². The van der Waals surface area contributed by atoms with Gasteiger partial charge in [-0.25, -0.2) is 17.8 Å². The monoisotopic (exact) mass is 411 g/mol. The quantitative estimate of drug-likeness (QED) is 0.512. The molecule has 0 radical (unpaired) electrons. The molecule has 6 nitrogen and oxygen atoms in total. The molecule has 4 rings (SSSR count). The molecule has 0 aliphatic heterocycles. The van der Waals surface area contributed by atoms with E-state index in [4.69, 9.17) is 4.74 Å². The highest BCUT2D eigenvalue weighted by atomic mass is 32.2. The molecule has 0 saturated heterocycles. The second-order valence-electron chi connectivity index (χ2n) is 6.27. The van der Waals surface area contributed by atoms with Crippen molar-refractivity contribution in [2.75, 3.05) is 11.3 Å². The zero-order chi connectivity index (χ0) is 20.4. The summed E-state index contributed by atoms with van der Waals surface area (Å²) in [6.07, 6.45) is 3.68. The standard InChI is InChI=1S/C21H18FN3O3S/c1-2-28-20-11-10-15(13-17(20)22)29(26,27)24-18-8-4-3-7-16(18)19-14-25-12-6-5-9-21(25)23-19/h3-14,24H,2H2,1H3. The van der Waals surface area contributed by atoms with Crippen LogP contribution >= 0.6 is 0 Å². The maximum Gasteiger partial charge on any atom is 0.262 e. The summed E-state index contributed by atoms with van der Waals surface area (Å²) >= 11 is 0. The number of halogens is 1. The Morgan fingerprint density at radius 2 is 1.90 bits per heavy atom. The van der Waals surface area contributed by atoms with Crippen LogP contribution in [-0.2, 0) is 10.0 Å². The molecule has 1 N–H and O–H groups in total. The Morgan fingerprint density at radius 1 is 1.10 bits per heavy atom. The molecular weight excluding hydrogens is 393 g/mol. The van der Waals surface area contributed by atoms with Gasteiger partial charge in [0.25, 0.3) is 10.0 Å². The summed E-state index contributed by atoms with van der Waals surface area (Å²) in [5.74, 6) is -0.722. The SMILES string of the molecule is CCOc1ccc(S(=O)(=O)Nc2ccccc2-c2cn3ccccc3n2)cc1F. The van der Waals surface area contributed by atoms with Gasteiger partial charge in [0.05, 0.1) is 22.9 Å². The van der Waals surface area contributed by atoms with Gasteiger partial charge in [-0.15, -0.1) is 0 Å². The van der Waals surface area contributed by atoms with E-state index in [-0.39, 0.29) is 17.3 Å². The lowest BCUT2D eigenvalue weighted by atomic mass is 10.1. The normalized spacial score (nSPS) is 11.5. The lowest BCUT2D eigenvalue weighted by Gasteiger charge is -2.12. The van der Waals surface area contributed by atoms with E-state index < -0.39 is 15.8 Å². The Kier molecular flexibility index (Phi) is 4.94. The third kappa shape index (κ3) is 3.79. The Bertz CT molecular complexity index is 1250. The van der Waals surface area contributed by atoms with Crippen LogP contribution < -0.4 is 9.46 Å².